The second-order valence-corrected chi connectivity index (χ2v) is 6.91. The van der Waals surface area contributed by atoms with Gasteiger partial charge in [-0.1, -0.05) is 11.6 Å². The quantitative estimate of drug-likeness (QED) is 0.744. The first-order chi connectivity index (χ1) is 10.3. The maximum Gasteiger partial charge on any atom is 0.139 e. The first kappa shape index (κ1) is 15.2. The Labute approximate surface area is 128 Å². The number of hydrogen-bond donors (Lipinski definition) is 0. The van der Waals surface area contributed by atoms with Crippen LogP contribution in [0.5, 0.6) is 0 Å². The third kappa shape index (κ3) is 4.17. The monoisotopic (exact) mass is 291 g/mol. The third-order valence-corrected chi connectivity index (χ3v) is 5.50. The molecule has 2 fully saturated rings. The maximum atomic E-state index is 12.5. The Bertz CT molecular complexity index is 377. The number of carbonyl (C=O) groups is 1. The summed E-state index contributed by atoms with van der Waals surface area (Å²) in [6, 6.07) is 0.701. The fourth-order valence-corrected chi connectivity index (χ4v) is 4.14. The zero-order chi connectivity index (χ0) is 14.5. The van der Waals surface area contributed by atoms with Crippen molar-refractivity contribution in [3.05, 3.63) is 11.6 Å². The minimum Gasteiger partial charge on any atom is -0.379 e. The van der Waals surface area contributed by atoms with Crippen LogP contribution in [0.25, 0.3) is 0 Å². The lowest BCUT2D eigenvalue weighted by atomic mass is 9.80. The molecular weight excluding hydrogens is 262 g/mol. The molecule has 3 aliphatic rings. The zero-order valence-electron chi connectivity index (χ0n) is 13.2. The highest BCUT2D eigenvalue weighted by Gasteiger charge is 2.30. The van der Waals surface area contributed by atoms with Crippen molar-refractivity contribution < 1.29 is 9.53 Å². The Morgan fingerprint density at radius 2 is 1.90 bits per heavy atom. The van der Waals surface area contributed by atoms with Crippen molar-refractivity contribution in [2.45, 2.75) is 63.8 Å². The van der Waals surface area contributed by atoms with Crippen LogP contribution in [0.3, 0.4) is 0 Å². The molecule has 0 N–H and O–H groups in total. The summed E-state index contributed by atoms with van der Waals surface area (Å²) in [7, 11) is 0. The maximum absolute atomic E-state index is 12.5. The van der Waals surface area contributed by atoms with Gasteiger partial charge < -0.3 is 4.74 Å². The van der Waals surface area contributed by atoms with Gasteiger partial charge in [0.25, 0.3) is 0 Å². The van der Waals surface area contributed by atoms with Gasteiger partial charge in [-0.3, -0.25) is 9.69 Å². The SMILES string of the molecule is O=C(CC1=CCCCC1)C1CCC(N2CCOCC2)CC1. The predicted octanol–water partition coefficient (Wildman–Crippen LogP) is 3.34. The van der Waals surface area contributed by atoms with Crippen LogP contribution in [-0.4, -0.2) is 43.0 Å². The zero-order valence-corrected chi connectivity index (χ0v) is 13.2. The summed E-state index contributed by atoms with van der Waals surface area (Å²) in [5, 5.41) is 0. The average Bonchev–Trinajstić information content (AvgIpc) is 2.57. The van der Waals surface area contributed by atoms with E-state index in [2.05, 4.69) is 11.0 Å². The molecule has 0 amide bonds. The number of carbonyl (C=O) groups excluding carboxylic acids is 1. The van der Waals surface area contributed by atoms with Gasteiger partial charge in [0.15, 0.2) is 0 Å². The second-order valence-electron chi connectivity index (χ2n) is 6.91. The molecule has 0 aromatic rings. The lowest BCUT2D eigenvalue weighted by Gasteiger charge is -2.38. The minimum atomic E-state index is 0.338. The number of ether oxygens (including phenoxy) is 1. The number of allylic oxidation sites excluding steroid dienone is 2. The van der Waals surface area contributed by atoms with Gasteiger partial charge in [-0.2, -0.15) is 0 Å². The molecule has 118 valence electrons. The molecule has 0 spiro atoms. The predicted molar refractivity (Wildman–Crippen MR) is 84.3 cm³/mol. The summed E-state index contributed by atoms with van der Waals surface area (Å²) in [6.45, 7) is 3.92. The summed E-state index contributed by atoms with van der Waals surface area (Å²) in [4.78, 5) is 15.1. The normalized spacial score (nSPS) is 31.7. The summed E-state index contributed by atoms with van der Waals surface area (Å²) in [5.74, 6) is 0.855. The number of hydrogen-bond acceptors (Lipinski definition) is 3. The largest absolute Gasteiger partial charge is 0.379 e. The summed E-state index contributed by atoms with van der Waals surface area (Å²) in [5.41, 5.74) is 1.42. The van der Waals surface area contributed by atoms with E-state index in [9.17, 15) is 4.79 Å². The fraction of sp³-hybridized carbons (Fsp3) is 0.833. The molecule has 3 rings (SSSR count). The molecule has 1 aliphatic heterocycles. The lowest BCUT2D eigenvalue weighted by molar-refractivity contribution is -0.123. The van der Waals surface area contributed by atoms with E-state index in [4.69, 9.17) is 4.74 Å². The molecule has 0 atom stereocenters. The lowest BCUT2D eigenvalue weighted by Crippen LogP contribution is -2.45. The average molecular weight is 291 g/mol. The van der Waals surface area contributed by atoms with E-state index < -0.39 is 0 Å². The van der Waals surface area contributed by atoms with Gasteiger partial charge in [0.05, 0.1) is 13.2 Å². The van der Waals surface area contributed by atoms with Crippen molar-refractivity contribution >= 4 is 5.78 Å². The third-order valence-electron chi connectivity index (χ3n) is 5.50. The van der Waals surface area contributed by atoms with E-state index in [1.165, 1.54) is 37.7 Å². The number of ketones is 1. The Morgan fingerprint density at radius 1 is 1.14 bits per heavy atom. The molecule has 3 nitrogen and oxygen atoms in total. The Kier molecular flexibility index (Phi) is 5.48. The van der Waals surface area contributed by atoms with Gasteiger partial charge in [-0.15, -0.1) is 0 Å². The summed E-state index contributed by atoms with van der Waals surface area (Å²) < 4.78 is 5.43. The van der Waals surface area contributed by atoms with Crippen molar-refractivity contribution in [1.29, 1.82) is 0 Å². The first-order valence-electron chi connectivity index (χ1n) is 8.85. The molecule has 1 saturated heterocycles. The molecule has 1 heterocycles. The van der Waals surface area contributed by atoms with Crippen LogP contribution in [-0.2, 0) is 9.53 Å². The van der Waals surface area contributed by atoms with Crippen molar-refractivity contribution in [3.8, 4) is 0 Å². The first-order valence-corrected chi connectivity index (χ1v) is 8.85. The summed E-state index contributed by atoms with van der Waals surface area (Å²) >= 11 is 0. The standard InChI is InChI=1S/C18H29NO2/c20-18(14-15-4-2-1-3-5-15)16-6-8-17(9-7-16)19-10-12-21-13-11-19/h4,16-17H,1-3,5-14H2. The van der Waals surface area contributed by atoms with Crippen molar-refractivity contribution in [1.82, 2.24) is 4.90 Å². The summed E-state index contributed by atoms with van der Waals surface area (Å²) in [6.07, 6.45) is 12.6. The number of nitrogens with zero attached hydrogens (tertiary/aromatic N) is 1. The number of rotatable bonds is 4. The van der Waals surface area contributed by atoms with Gasteiger partial charge in [0.1, 0.15) is 5.78 Å². The van der Waals surface area contributed by atoms with Crippen LogP contribution in [0.1, 0.15) is 57.8 Å². The molecule has 1 saturated carbocycles. The molecule has 0 aromatic heterocycles. The van der Waals surface area contributed by atoms with Gasteiger partial charge in [-0.25, -0.2) is 0 Å². The van der Waals surface area contributed by atoms with Crippen molar-refractivity contribution in [3.63, 3.8) is 0 Å². The van der Waals surface area contributed by atoms with Gasteiger partial charge in [0, 0.05) is 31.5 Å². The second kappa shape index (κ2) is 7.55. The molecule has 2 aliphatic carbocycles. The van der Waals surface area contributed by atoms with Crippen LogP contribution in [0.2, 0.25) is 0 Å². The van der Waals surface area contributed by atoms with Gasteiger partial charge in [0.2, 0.25) is 0 Å². The van der Waals surface area contributed by atoms with E-state index in [-0.39, 0.29) is 0 Å². The van der Waals surface area contributed by atoms with Gasteiger partial charge in [-0.05, 0) is 51.4 Å². The van der Waals surface area contributed by atoms with Crippen molar-refractivity contribution in [2.24, 2.45) is 5.92 Å². The van der Waals surface area contributed by atoms with Gasteiger partial charge >= 0.3 is 0 Å². The van der Waals surface area contributed by atoms with Crippen LogP contribution >= 0.6 is 0 Å². The van der Waals surface area contributed by atoms with E-state index in [0.29, 0.717) is 17.7 Å². The molecule has 0 bridgehead atoms. The van der Waals surface area contributed by atoms with E-state index in [0.717, 1.165) is 52.0 Å². The minimum absolute atomic E-state index is 0.338. The number of Topliss-reactive ketones (excluding diaryl/α,β-unsaturated/α-hetero) is 1. The molecule has 0 unspecified atom stereocenters. The van der Waals surface area contributed by atoms with Crippen molar-refractivity contribution in [2.75, 3.05) is 26.3 Å². The Hall–Kier alpha value is -0.670. The topological polar surface area (TPSA) is 29.5 Å². The highest BCUT2D eigenvalue weighted by atomic mass is 16.5. The van der Waals surface area contributed by atoms with Crippen LogP contribution in [0, 0.1) is 5.92 Å². The van der Waals surface area contributed by atoms with E-state index in [1.807, 2.05) is 0 Å². The van der Waals surface area contributed by atoms with E-state index >= 15 is 0 Å². The molecule has 3 heteroatoms. The molecule has 21 heavy (non-hydrogen) atoms. The Balaban J connectivity index is 1.44. The fourth-order valence-electron chi connectivity index (χ4n) is 4.14. The molecular formula is C18H29NO2. The Morgan fingerprint density at radius 3 is 2.57 bits per heavy atom. The molecule has 0 aromatic carbocycles. The highest BCUT2D eigenvalue weighted by Crippen LogP contribution is 2.31. The smallest absolute Gasteiger partial charge is 0.139 e. The number of morpholine rings is 1. The van der Waals surface area contributed by atoms with Crippen LogP contribution in [0.4, 0.5) is 0 Å². The van der Waals surface area contributed by atoms with Crippen LogP contribution < -0.4 is 0 Å². The highest BCUT2D eigenvalue weighted by molar-refractivity contribution is 5.83. The van der Waals surface area contributed by atoms with E-state index in [1.54, 1.807) is 0 Å². The molecule has 0 radical (unpaired) electrons. The van der Waals surface area contributed by atoms with Crippen LogP contribution in [0.15, 0.2) is 11.6 Å².